The average Bonchev–Trinajstić information content (AvgIpc) is 2.38. The first kappa shape index (κ1) is 13.7. The van der Waals surface area contributed by atoms with Gasteiger partial charge in [-0.3, -0.25) is 0 Å². The molecule has 0 spiro atoms. The minimum Gasteiger partial charge on any atom is -0.544 e. The van der Waals surface area contributed by atoms with Gasteiger partial charge in [0.05, 0.1) is 7.11 Å². The minimum absolute atomic E-state index is 0.877. The Morgan fingerprint density at radius 3 is 1.47 bits per heavy atom. The average molecular weight is 272 g/mol. The molecule has 0 saturated heterocycles. The van der Waals surface area contributed by atoms with E-state index in [1.165, 1.54) is 11.1 Å². The van der Waals surface area contributed by atoms with Gasteiger partial charge in [0, 0.05) is 0 Å². The highest BCUT2D eigenvalue weighted by Crippen LogP contribution is 2.25. The van der Waals surface area contributed by atoms with Crippen LogP contribution in [0.15, 0.2) is 48.5 Å². The molecule has 0 saturated carbocycles. The fourth-order valence-corrected chi connectivity index (χ4v) is 2.70. The Kier molecular flexibility index (Phi) is 3.95. The number of methoxy groups -OCH3 is 1. The van der Waals surface area contributed by atoms with Crippen LogP contribution in [0.3, 0.4) is 0 Å². The summed E-state index contributed by atoms with van der Waals surface area (Å²) in [4.78, 5) is 0. The van der Waals surface area contributed by atoms with Crippen molar-refractivity contribution >= 4 is 8.32 Å². The number of hydrogen-bond acceptors (Lipinski definition) is 2. The van der Waals surface area contributed by atoms with Crippen LogP contribution in [0.2, 0.25) is 19.6 Å². The lowest BCUT2D eigenvalue weighted by Gasteiger charge is -2.19. The molecule has 0 heterocycles. The number of ether oxygens (including phenoxy) is 1. The van der Waals surface area contributed by atoms with E-state index >= 15 is 0 Å². The lowest BCUT2D eigenvalue weighted by molar-refractivity contribution is 0.415. The summed E-state index contributed by atoms with van der Waals surface area (Å²) in [5.74, 6) is 1.83. The van der Waals surface area contributed by atoms with Crippen LogP contribution in [0.25, 0.3) is 11.1 Å². The molecular weight excluding hydrogens is 252 g/mol. The second kappa shape index (κ2) is 5.49. The van der Waals surface area contributed by atoms with Crippen LogP contribution in [0.4, 0.5) is 0 Å². The molecule has 19 heavy (non-hydrogen) atoms. The maximum Gasteiger partial charge on any atom is 0.242 e. The molecule has 0 aliphatic carbocycles. The molecule has 0 N–H and O–H groups in total. The summed E-state index contributed by atoms with van der Waals surface area (Å²) in [5.41, 5.74) is 2.37. The topological polar surface area (TPSA) is 18.5 Å². The van der Waals surface area contributed by atoms with Crippen molar-refractivity contribution in [3.63, 3.8) is 0 Å². The number of rotatable bonds is 4. The predicted molar refractivity (Wildman–Crippen MR) is 82.4 cm³/mol. The molecule has 0 fully saturated rings. The molecule has 0 radical (unpaired) electrons. The van der Waals surface area contributed by atoms with Crippen molar-refractivity contribution < 1.29 is 9.16 Å². The molecule has 0 atom stereocenters. The molecule has 0 aliphatic heterocycles. The second-order valence-electron chi connectivity index (χ2n) is 5.47. The molecule has 0 aliphatic rings. The summed E-state index contributed by atoms with van der Waals surface area (Å²) in [6.07, 6.45) is 0. The van der Waals surface area contributed by atoms with E-state index in [1.54, 1.807) is 7.11 Å². The van der Waals surface area contributed by atoms with Crippen LogP contribution in [0.5, 0.6) is 11.5 Å². The Morgan fingerprint density at radius 1 is 0.684 bits per heavy atom. The highest BCUT2D eigenvalue weighted by Gasteiger charge is 2.15. The molecule has 3 heteroatoms. The first-order chi connectivity index (χ1) is 8.98. The van der Waals surface area contributed by atoms with E-state index in [9.17, 15) is 0 Å². The zero-order chi connectivity index (χ0) is 13.9. The van der Waals surface area contributed by atoms with E-state index in [0.29, 0.717) is 0 Å². The van der Waals surface area contributed by atoms with Gasteiger partial charge in [0.25, 0.3) is 0 Å². The highest BCUT2D eigenvalue weighted by molar-refractivity contribution is 6.70. The molecule has 2 rings (SSSR count). The molecule has 0 aromatic heterocycles. The maximum absolute atomic E-state index is 5.95. The monoisotopic (exact) mass is 272 g/mol. The summed E-state index contributed by atoms with van der Waals surface area (Å²) < 4.78 is 11.1. The standard InChI is InChI=1S/C16H20O2Si/c1-17-15-9-5-13(6-10-15)14-7-11-16(12-8-14)18-19(2,3)4/h5-12H,1-4H3. The second-order valence-corrected chi connectivity index (χ2v) is 9.90. The van der Waals surface area contributed by atoms with Crippen LogP contribution in [0, 0.1) is 0 Å². The first-order valence-corrected chi connectivity index (χ1v) is 9.82. The van der Waals surface area contributed by atoms with Crippen molar-refractivity contribution in [3.8, 4) is 22.6 Å². The van der Waals surface area contributed by atoms with Gasteiger partial charge in [0.1, 0.15) is 11.5 Å². The van der Waals surface area contributed by atoms with E-state index in [0.717, 1.165) is 11.5 Å². The molecule has 2 nitrogen and oxygen atoms in total. The highest BCUT2D eigenvalue weighted by atomic mass is 28.4. The van der Waals surface area contributed by atoms with Gasteiger partial charge >= 0.3 is 0 Å². The van der Waals surface area contributed by atoms with Gasteiger partial charge in [0.15, 0.2) is 0 Å². The zero-order valence-electron chi connectivity index (χ0n) is 11.9. The van der Waals surface area contributed by atoms with Crippen molar-refractivity contribution in [2.24, 2.45) is 0 Å². The third-order valence-corrected chi connectivity index (χ3v) is 3.55. The van der Waals surface area contributed by atoms with E-state index < -0.39 is 8.32 Å². The van der Waals surface area contributed by atoms with Crippen LogP contribution < -0.4 is 9.16 Å². The van der Waals surface area contributed by atoms with Gasteiger partial charge in [-0.2, -0.15) is 0 Å². The summed E-state index contributed by atoms with van der Waals surface area (Å²) in [6, 6.07) is 16.3. The van der Waals surface area contributed by atoms with Crippen LogP contribution in [0.1, 0.15) is 0 Å². The lowest BCUT2D eigenvalue weighted by atomic mass is 10.1. The fourth-order valence-electron chi connectivity index (χ4n) is 1.85. The van der Waals surface area contributed by atoms with Gasteiger partial charge in [-0.25, -0.2) is 0 Å². The quantitative estimate of drug-likeness (QED) is 0.759. The Hall–Kier alpha value is -1.74. The predicted octanol–water partition coefficient (Wildman–Crippen LogP) is 4.58. The van der Waals surface area contributed by atoms with Gasteiger partial charge in [-0.1, -0.05) is 24.3 Å². The van der Waals surface area contributed by atoms with Crippen molar-refractivity contribution in [1.29, 1.82) is 0 Å². The van der Waals surface area contributed by atoms with E-state index in [1.807, 2.05) is 24.3 Å². The number of benzene rings is 2. The van der Waals surface area contributed by atoms with E-state index in [-0.39, 0.29) is 0 Å². The van der Waals surface area contributed by atoms with Gasteiger partial charge in [-0.15, -0.1) is 0 Å². The Bertz CT molecular complexity index is 524. The maximum atomic E-state index is 5.95. The van der Waals surface area contributed by atoms with Crippen molar-refractivity contribution in [2.75, 3.05) is 7.11 Å². The Morgan fingerprint density at radius 2 is 1.11 bits per heavy atom. The van der Waals surface area contributed by atoms with Gasteiger partial charge in [0.2, 0.25) is 8.32 Å². The SMILES string of the molecule is COc1ccc(-c2ccc(O[Si](C)(C)C)cc2)cc1. The summed E-state index contributed by atoms with van der Waals surface area (Å²) >= 11 is 0. The first-order valence-electron chi connectivity index (χ1n) is 6.41. The molecule has 0 unspecified atom stereocenters. The minimum atomic E-state index is -1.52. The zero-order valence-corrected chi connectivity index (χ0v) is 12.9. The van der Waals surface area contributed by atoms with Crippen molar-refractivity contribution in [1.82, 2.24) is 0 Å². The smallest absolute Gasteiger partial charge is 0.242 e. The fraction of sp³-hybridized carbons (Fsp3) is 0.250. The summed E-state index contributed by atoms with van der Waals surface area (Å²) in [5, 5.41) is 0. The van der Waals surface area contributed by atoms with Crippen molar-refractivity contribution in [2.45, 2.75) is 19.6 Å². The molecule has 0 amide bonds. The van der Waals surface area contributed by atoms with Gasteiger partial charge < -0.3 is 9.16 Å². The van der Waals surface area contributed by atoms with Crippen molar-refractivity contribution in [3.05, 3.63) is 48.5 Å². The summed E-state index contributed by atoms with van der Waals surface area (Å²) in [7, 11) is 0.154. The lowest BCUT2D eigenvalue weighted by Crippen LogP contribution is -2.29. The Balaban J connectivity index is 2.17. The Labute approximate surface area is 116 Å². The third-order valence-electron chi connectivity index (χ3n) is 2.70. The van der Waals surface area contributed by atoms with Crippen LogP contribution in [-0.2, 0) is 0 Å². The van der Waals surface area contributed by atoms with Crippen LogP contribution in [-0.4, -0.2) is 15.4 Å². The largest absolute Gasteiger partial charge is 0.544 e. The number of hydrogen-bond donors (Lipinski definition) is 0. The van der Waals surface area contributed by atoms with Crippen LogP contribution >= 0.6 is 0 Å². The molecule has 2 aromatic carbocycles. The normalized spacial score (nSPS) is 11.2. The molecular formula is C16H20O2Si. The molecule has 100 valence electrons. The van der Waals surface area contributed by atoms with E-state index in [2.05, 4.69) is 43.9 Å². The summed E-state index contributed by atoms with van der Waals surface area (Å²) in [6.45, 7) is 6.55. The molecule has 2 aromatic rings. The molecule has 0 bridgehead atoms. The van der Waals surface area contributed by atoms with E-state index in [4.69, 9.17) is 9.16 Å². The van der Waals surface area contributed by atoms with Gasteiger partial charge in [-0.05, 0) is 55.0 Å². The third kappa shape index (κ3) is 3.86.